The molecule has 2 N–H and O–H groups in total. The van der Waals surface area contributed by atoms with Crippen molar-refractivity contribution in [2.45, 2.75) is 57.5 Å². The van der Waals surface area contributed by atoms with E-state index < -0.39 is 0 Å². The number of aliphatic hydroxyl groups excluding tert-OH is 1. The summed E-state index contributed by atoms with van der Waals surface area (Å²) in [7, 11) is 0. The van der Waals surface area contributed by atoms with Gasteiger partial charge in [0, 0.05) is 0 Å². The fourth-order valence-electron chi connectivity index (χ4n) is 6.09. The molecule has 0 unspecified atom stereocenters. The number of aromatic hydroxyl groups is 1. The molecule has 3 aliphatic rings. The molecule has 3 aliphatic carbocycles. The molecule has 2 fully saturated rings. The van der Waals surface area contributed by atoms with E-state index in [0.717, 1.165) is 38.5 Å². The Bertz CT molecular complexity index is 622. The Morgan fingerprint density at radius 2 is 2.05 bits per heavy atom. The lowest BCUT2D eigenvalue weighted by Gasteiger charge is -2.57. The first-order valence-electron chi connectivity index (χ1n) is 8.65. The lowest BCUT2D eigenvalue weighted by atomic mass is 9.47. The second-order valence-electron chi connectivity index (χ2n) is 7.94. The average Bonchev–Trinajstić information content (AvgIpc) is 2.82. The molecule has 2 saturated carbocycles. The molecule has 0 bridgehead atoms. The van der Waals surface area contributed by atoms with E-state index in [4.69, 9.17) is 0 Å². The van der Waals surface area contributed by atoms with Gasteiger partial charge in [-0.1, -0.05) is 19.1 Å². The topological polar surface area (TPSA) is 40.5 Å². The smallest absolute Gasteiger partial charge is 0.115 e. The number of allylic oxidation sites excluding steroid dienone is 1. The number of rotatable bonds is 1. The van der Waals surface area contributed by atoms with Crippen LogP contribution in [0.4, 0.5) is 0 Å². The van der Waals surface area contributed by atoms with Gasteiger partial charge in [0.1, 0.15) is 5.75 Å². The van der Waals surface area contributed by atoms with E-state index >= 15 is 0 Å². The van der Waals surface area contributed by atoms with Gasteiger partial charge in [0.2, 0.25) is 0 Å². The van der Waals surface area contributed by atoms with Crippen LogP contribution in [0, 0.1) is 16.7 Å². The lowest BCUT2D eigenvalue weighted by Crippen LogP contribution is -2.50. The molecule has 2 nitrogen and oxygen atoms in total. The standard InChI is InChI=1S/C20H26O2/c1-3-20-11-8-13-12-14(21)4-5-15(13)16(20)9-10-19(2)17(20)6-7-18(19)22/h3-5,12,16-18,21-22H,1,6-11H2,2H3/t16-,17-,18+,19+,20-/m1/s1. The number of aryl methyl sites for hydroxylation is 1. The van der Waals surface area contributed by atoms with Crippen LogP contribution in [0.1, 0.15) is 56.1 Å². The molecule has 1 aromatic rings. The van der Waals surface area contributed by atoms with Crippen LogP contribution in [-0.4, -0.2) is 16.3 Å². The van der Waals surface area contributed by atoms with Crippen molar-refractivity contribution in [3.8, 4) is 5.75 Å². The van der Waals surface area contributed by atoms with Crippen LogP contribution in [0.3, 0.4) is 0 Å². The molecule has 0 heterocycles. The molecule has 0 radical (unpaired) electrons. The van der Waals surface area contributed by atoms with Gasteiger partial charge < -0.3 is 10.2 Å². The van der Waals surface area contributed by atoms with E-state index in [1.54, 1.807) is 0 Å². The molecule has 2 heteroatoms. The van der Waals surface area contributed by atoms with Crippen molar-refractivity contribution in [3.05, 3.63) is 42.0 Å². The number of phenolic OH excluding ortho intramolecular Hbond substituents is 1. The summed E-state index contributed by atoms with van der Waals surface area (Å²) in [5.41, 5.74) is 2.89. The molecule has 0 saturated heterocycles. The third-order valence-electron chi connectivity index (χ3n) is 7.26. The van der Waals surface area contributed by atoms with Gasteiger partial charge in [-0.2, -0.15) is 0 Å². The fraction of sp³-hybridized carbons (Fsp3) is 0.600. The molecule has 0 aromatic heterocycles. The summed E-state index contributed by atoms with van der Waals surface area (Å²) in [6.07, 6.45) is 8.44. The van der Waals surface area contributed by atoms with Crippen LogP contribution < -0.4 is 0 Å². The maximum Gasteiger partial charge on any atom is 0.115 e. The second-order valence-corrected chi connectivity index (χ2v) is 7.94. The number of benzene rings is 1. The Kier molecular flexibility index (Phi) is 3.00. The van der Waals surface area contributed by atoms with Crippen molar-refractivity contribution < 1.29 is 10.2 Å². The third kappa shape index (κ3) is 1.65. The van der Waals surface area contributed by atoms with Crippen molar-refractivity contribution in [3.63, 3.8) is 0 Å². The normalized spacial score (nSPS) is 43.1. The quantitative estimate of drug-likeness (QED) is 0.764. The summed E-state index contributed by atoms with van der Waals surface area (Å²) in [4.78, 5) is 0. The molecule has 0 spiro atoms. The van der Waals surface area contributed by atoms with Gasteiger partial charge in [0.25, 0.3) is 0 Å². The Balaban J connectivity index is 1.83. The molecule has 4 rings (SSSR count). The Morgan fingerprint density at radius 1 is 1.23 bits per heavy atom. The molecule has 0 aliphatic heterocycles. The zero-order chi connectivity index (χ0) is 15.5. The molecule has 22 heavy (non-hydrogen) atoms. The van der Waals surface area contributed by atoms with Crippen LogP contribution in [0.15, 0.2) is 30.9 Å². The van der Waals surface area contributed by atoms with Crippen LogP contribution in [-0.2, 0) is 6.42 Å². The number of fused-ring (bicyclic) bond motifs is 5. The first-order valence-corrected chi connectivity index (χ1v) is 8.65. The highest BCUT2D eigenvalue weighted by atomic mass is 16.3. The average molecular weight is 298 g/mol. The van der Waals surface area contributed by atoms with Crippen molar-refractivity contribution in [2.75, 3.05) is 0 Å². The Hall–Kier alpha value is -1.28. The Morgan fingerprint density at radius 3 is 2.82 bits per heavy atom. The van der Waals surface area contributed by atoms with Gasteiger partial charge in [-0.3, -0.25) is 0 Å². The fourth-order valence-corrected chi connectivity index (χ4v) is 6.09. The zero-order valence-electron chi connectivity index (χ0n) is 13.4. The predicted molar refractivity (Wildman–Crippen MR) is 87.9 cm³/mol. The van der Waals surface area contributed by atoms with Gasteiger partial charge in [-0.25, -0.2) is 0 Å². The van der Waals surface area contributed by atoms with E-state index in [9.17, 15) is 10.2 Å². The first kappa shape index (κ1) is 14.3. The number of hydrogen-bond donors (Lipinski definition) is 2. The van der Waals surface area contributed by atoms with Crippen LogP contribution >= 0.6 is 0 Å². The number of phenols is 1. The molecule has 5 atom stereocenters. The largest absolute Gasteiger partial charge is 0.508 e. The van der Waals surface area contributed by atoms with Crippen molar-refractivity contribution in [1.82, 2.24) is 0 Å². The van der Waals surface area contributed by atoms with E-state index in [1.807, 2.05) is 12.1 Å². The molecule has 1 aromatic carbocycles. The maximum absolute atomic E-state index is 10.5. The minimum Gasteiger partial charge on any atom is -0.508 e. The molecular weight excluding hydrogens is 272 g/mol. The summed E-state index contributed by atoms with van der Waals surface area (Å²) in [6, 6.07) is 5.90. The highest BCUT2D eigenvalue weighted by molar-refractivity contribution is 5.42. The highest BCUT2D eigenvalue weighted by Gasteiger charge is 2.60. The second kappa shape index (κ2) is 4.61. The predicted octanol–water partition coefficient (Wildman–Crippen LogP) is 4.17. The summed E-state index contributed by atoms with van der Waals surface area (Å²) in [5.74, 6) is 1.41. The lowest BCUT2D eigenvalue weighted by molar-refractivity contribution is -0.0528. The van der Waals surface area contributed by atoms with Gasteiger partial charge in [0.15, 0.2) is 0 Å². The molecule has 0 amide bonds. The van der Waals surface area contributed by atoms with Crippen LogP contribution in [0.5, 0.6) is 5.75 Å². The highest BCUT2D eigenvalue weighted by Crippen LogP contribution is 2.67. The summed E-state index contributed by atoms with van der Waals surface area (Å²) >= 11 is 0. The van der Waals surface area contributed by atoms with Crippen LogP contribution in [0.2, 0.25) is 0 Å². The summed E-state index contributed by atoms with van der Waals surface area (Å²) in [6.45, 7) is 6.53. The first-order chi connectivity index (χ1) is 10.5. The summed E-state index contributed by atoms with van der Waals surface area (Å²) < 4.78 is 0. The van der Waals surface area contributed by atoms with Gasteiger partial charge in [0.05, 0.1) is 6.10 Å². The SMILES string of the molecule is C=C[C@@]12CCc3cc(O)ccc3[C@H]1CC[C@@]1(C)[C@H]2CC[C@@H]1O. The minimum absolute atomic E-state index is 0.0547. The summed E-state index contributed by atoms with van der Waals surface area (Å²) in [5, 5.41) is 20.3. The zero-order valence-corrected chi connectivity index (χ0v) is 13.4. The number of hydrogen-bond acceptors (Lipinski definition) is 2. The minimum atomic E-state index is -0.156. The van der Waals surface area contributed by atoms with Gasteiger partial charge in [-0.05, 0) is 84.5 Å². The molecule has 118 valence electrons. The number of aliphatic hydroxyl groups is 1. The maximum atomic E-state index is 10.5. The monoisotopic (exact) mass is 298 g/mol. The van der Waals surface area contributed by atoms with Crippen LogP contribution in [0.25, 0.3) is 0 Å². The Labute approximate surface area is 132 Å². The van der Waals surface area contributed by atoms with Crippen molar-refractivity contribution in [1.29, 1.82) is 0 Å². The van der Waals surface area contributed by atoms with Crippen molar-refractivity contribution >= 4 is 0 Å². The molecular formula is C20H26O2. The van der Waals surface area contributed by atoms with E-state index in [0.29, 0.717) is 17.6 Å². The van der Waals surface area contributed by atoms with Gasteiger partial charge >= 0.3 is 0 Å². The van der Waals surface area contributed by atoms with Crippen molar-refractivity contribution in [2.24, 2.45) is 16.7 Å². The third-order valence-corrected chi connectivity index (χ3v) is 7.26. The van der Waals surface area contributed by atoms with E-state index in [-0.39, 0.29) is 16.9 Å². The van der Waals surface area contributed by atoms with Gasteiger partial charge in [-0.15, -0.1) is 6.58 Å². The van der Waals surface area contributed by atoms with E-state index in [1.165, 1.54) is 11.1 Å². The van der Waals surface area contributed by atoms with E-state index in [2.05, 4.69) is 25.6 Å².